The van der Waals surface area contributed by atoms with Crippen LogP contribution in [-0.2, 0) is 6.42 Å². The second-order valence-electron chi connectivity index (χ2n) is 6.10. The standard InChI is InChI=1S/C20H18N4O/c1-14-5-4-7-16(13-14)22-20-21-11-9-17(23-20)19(25)24-12-10-15-6-2-3-8-18(15)24/h2-9,11,13H,10,12H2,1H3,(H,21,22,23). The number of nitrogens with zero attached hydrogens (tertiary/aromatic N) is 3. The van der Waals surface area contributed by atoms with Gasteiger partial charge in [-0.1, -0.05) is 30.3 Å². The van der Waals surface area contributed by atoms with E-state index < -0.39 is 0 Å². The number of aromatic nitrogens is 2. The van der Waals surface area contributed by atoms with Crippen LogP contribution in [0.3, 0.4) is 0 Å². The van der Waals surface area contributed by atoms with Crippen molar-refractivity contribution < 1.29 is 4.79 Å². The predicted molar refractivity (Wildman–Crippen MR) is 98.3 cm³/mol. The van der Waals surface area contributed by atoms with Crippen molar-refractivity contribution in [2.24, 2.45) is 0 Å². The van der Waals surface area contributed by atoms with E-state index in [1.54, 1.807) is 17.2 Å². The number of nitrogens with one attached hydrogen (secondary N) is 1. The van der Waals surface area contributed by atoms with Crippen LogP contribution in [0.15, 0.2) is 60.8 Å². The van der Waals surface area contributed by atoms with Gasteiger partial charge < -0.3 is 10.2 Å². The van der Waals surface area contributed by atoms with Gasteiger partial charge in [-0.25, -0.2) is 9.97 Å². The lowest BCUT2D eigenvalue weighted by atomic mass is 10.2. The average molecular weight is 330 g/mol. The van der Waals surface area contributed by atoms with Gasteiger partial charge in [0.1, 0.15) is 5.69 Å². The Kier molecular flexibility index (Phi) is 3.90. The Bertz CT molecular complexity index is 938. The number of amides is 1. The minimum atomic E-state index is -0.0976. The van der Waals surface area contributed by atoms with Gasteiger partial charge >= 0.3 is 0 Å². The normalized spacial score (nSPS) is 12.8. The second-order valence-corrected chi connectivity index (χ2v) is 6.10. The summed E-state index contributed by atoms with van der Waals surface area (Å²) in [7, 11) is 0. The van der Waals surface area contributed by atoms with Crippen molar-refractivity contribution in [1.82, 2.24) is 9.97 Å². The molecule has 0 aliphatic carbocycles. The maximum absolute atomic E-state index is 12.9. The zero-order valence-electron chi connectivity index (χ0n) is 13.9. The molecule has 0 saturated heterocycles. The van der Waals surface area contributed by atoms with E-state index in [0.29, 0.717) is 18.2 Å². The molecule has 3 aromatic rings. The molecule has 25 heavy (non-hydrogen) atoms. The van der Waals surface area contributed by atoms with E-state index in [-0.39, 0.29) is 5.91 Å². The van der Waals surface area contributed by atoms with E-state index in [9.17, 15) is 4.79 Å². The fourth-order valence-corrected chi connectivity index (χ4v) is 3.08. The van der Waals surface area contributed by atoms with Crippen LogP contribution >= 0.6 is 0 Å². The minimum Gasteiger partial charge on any atom is -0.324 e. The highest BCUT2D eigenvalue weighted by Gasteiger charge is 2.26. The molecule has 4 rings (SSSR count). The largest absolute Gasteiger partial charge is 0.324 e. The number of para-hydroxylation sites is 1. The van der Waals surface area contributed by atoms with Crippen molar-refractivity contribution in [1.29, 1.82) is 0 Å². The quantitative estimate of drug-likeness (QED) is 0.795. The first-order chi connectivity index (χ1) is 12.2. The molecule has 124 valence electrons. The summed E-state index contributed by atoms with van der Waals surface area (Å²) in [4.78, 5) is 23.3. The van der Waals surface area contributed by atoms with E-state index >= 15 is 0 Å². The van der Waals surface area contributed by atoms with Crippen LogP contribution in [0.2, 0.25) is 0 Å². The molecule has 1 aliphatic rings. The van der Waals surface area contributed by atoms with E-state index in [0.717, 1.165) is 23.4 Å². The molecule has 2 aromatic carbocycles. The third-order valence-corrected chi connectivity index (χ3v) is 4.28. The monoisotopic (exact) mass is 330 g/mol. The molecule has 0 spiro atoms. The molecule has 5 heteroatoms. The Balaban J connectivity index is 1.58. The van der Waals surface area contributed by atoms with E-state index in [1.165, 1.54) is 5.56 Å². The third-order valence-electron chi connectivity index (χ3n) is 4.28. The molecule has 0 radical (unpaired) electrons. The smallest absolute Gasteiger partial charge is 0.277 e. The Labute approximate surface area is 146 Å². The Morgan fingerprint density at radius 2 is 2.00 bits per heavy atom. The first-order valence-corrected chi connectivity index (χ1v) is 8.27. The number of hydrogen-bond donors (Lipinski definition) is 1. The zero-order valence-corrected chi connectivity index (χ0v) is 13.9. The van der Waals surface area contributed by atoms with Gasteiger partial charge in [0.15, 0.2) is 0 Å². The number of hydrogen-bond acceptors (Lipinski definition) is 4. The third kappa shape index (κ3) is 3.08. The van der Waals surface area contributed by atoms with Gasteiger partial charge in [0.2, 0.25) is 5.95 Å². The molecule has 0 fully saturated rings. The Hall–Kier alpha value is -3.21. The van der Waals surface area contributed by atoms with Gasteiger partial charge in [0, 0.05) is 24.1 Å². The lowest BCUT2D eigenvalue weighted by Gasteiger charge is -2.17. The Morgan fingerprint density at radius 3 is 2.88 bits per heavy atom. The first kappa shape index (κ1) is 15.3. The highest BCUT2D eigenvalue weighted by atomic mass is 16.2. The summed E-state index contributed by atoms with van der Waals surface area (Å²) >= 11 is 0. The van der Waals surface area contributed by atoms with Crippen LogP contribution in [0.25, 0.3) is 0 Å². The molecule has 1 N–H and O–H groups in total. The van der Waals surface area contributed by atoms with Crippen molar-refractivity contribution in [3.05, 3.63) is 77.6 Å². The predicted octanol–water partition coefficient (Wildman–Crippen LogP) is 3.73. The van der Waals surface area contributed by atoms with Gasteiger partial charge in [-0.2, -0.15) is 0 Å². The number of carbonyl (C=O) groups is 1. The zero-order chi connectivity index (χ0) is 17.2. The number of rotatable bonds is 3. The molecule has 2 heterocycles. The highest BCUT2D eigenvalue weighted by Crippen LogP contribution is 2.28. The Morgan fingerprint density at radius 1 is 1.12 bits per heavy atom. The maximum atomic E-state index is 12.9. The molecule has 0 saturated carbocycles. The van der Waals surface area contributed by atoms with Crippen LogP contribution in [0.1, 0.15) is 21.6 Å². The summed E-state index contributed by atoms with van der Waals surface area (Å²) < 4.78 is 0. The van der Waals surface area contributed by atoms with Crippen LogP contribution in [0.4, 0.5) is 17.3 Å². The second kappa shape index (κ2) is 6.36. The topological polar surface area (TPSA) is 58.1 Å². The van der Waals surface area contributed by atoms with E-state index in [2.05, 4.69) is 21.4 Å². The van der Waals surface area contributed by atoms with Crippen LogP contribution in [0, 0.1) is 6.92 Å². The van der Waals surface area contributed by atoms with Crippen LogP contribution in [0.5, 0.6) is 0 Å². The molecule has 0 bridgehead atoms. The van der Waals surface area contributed by atoms with Crippen molar-refractivity contribution in [2.75, 3.05) is 16.8 Å². The van der Waals surface area contributed by atoms with Crippen LogP contribution < -0.4 is 10.2 Å². The van der Waals surface area contributed by atoms with Crippen molar-refractivity contribution in [3.8, 4) is 0 Å². The first-order valence-electron chi connectivity index (χ1n) is 8.27. The molecule has 1 aromatic heterocycles. The van der Waals surface area contributed by atoms with Crippen molar-refractivity contribution in [3.63, 3.8) is 0 Å². The number of anilines is 3. The number of carbonyl (C=O) groups excluding carboxylic acids is 1. The van der Waals surface area contributed by atoms with Gasteiger partial charge in [0.25, 0.3) is 5.91 Å². The van der Waals surface area contributed by atoms with Crippen LogP contribution in [-0.4, -0.2) is 22.4 Å². The molecule has 0 unspecified atom stereocenters. The van der Waals surface area contributed by atoms with Gasteiger partial charge in [-0.05, 0) is 48.7 Å². The SMILES string of the molecule is Cc1cccc(Nc2nccc(C(=O)N3CCc4ccccc43)n2)c1. The van der Waals surface area contributed by atoms with Gasteiger partial charge in [-0.15, -0.1) is 0 Å². The van der Waals surface area contributed by atoms with E-state index in [4.69, 9.17) is 0 Å². The fraction of sp³-hybridized carbons (Fsp3) is 0.150. The molecular weight excluding hydrogens is 312 g/mol. The minimum absolute atomic E-state index is 0.0976. The summed E-state index contributed by atoms with van der Waals surface area (Å²) in [6.07, 6.45) is 2.49. The molecule has 1 amide bonds. The fourth-order valence-electron chi connectivity index (χ4n) is 3.08. The molecule has 1 aliphatic heterocycles. The number of benzene rings is 2. The summed E-state index contributed by atoms with van der Waals surface area (Å²) in [5.74, 6) is 0.323. The van der Waals surface area contributed by atoms with E-state index in [1.807, 2.05) is 49.4 Å². The van der Waals surface area contributed by atoms with Crippen molar-refractivity contribution >= 4 is 23.2 Å². The molecule has 5 nitrogen and oxygen atoms in total. The summed E-state index contributed by atoms with van der Waals surface area (Å²) in [5.41, 5.74) is 4.60. The number of aryl methyl sites for hydroxylation is 1. The number of fused-ring (bicyclic) bond motifs is 1. The highest BCUT2D eigenvalue weighted by molar-refractivity contribution is 6.06. The molecule has 0 atom stereocenters. The lowest BCUT2D eigenvalue weighted by molar-refractivity contribution is 0.0984. The maximum Gasteiger partial charge on any atom is 0.277 e. The van der Waals surface area contributed by atoms with Gasteiger partial charge in [0.05, 0.1) is 0 Å². The average Bonchev–Trinajstić information content (AvgIpc) is 3.05. The van der Waals surface area contributed by atoms with Gasteiger partial charge in [-0.3, -0.25) is 4.79 Å². The summed E-state index contributed by atoms with van der Waals surface area (Å²) in [5, 5.41) is 3.16. The van der Waals surface area contributed by atoms with Crippen molar-refractivity contribution in [2.45, 2.75) is 13.3 Å². The lowest BCUT2D eigenvalue weighted by Crippen LogP contribution is -2.29. The molecular formula is C20H18N4O. The summed E-state index contributed by atoms with van der Waals surface area (Å²) in [6.45, 7) is 2.71. The summed E-state index contributed by atoms with van der Waals surface area (Å²) in [6, 6.07) is 17.6.